The summed E-state index contributed by atoms with van der Waals surface area (Å²) in [6.07, 6.45) is 0.577. The van der Waals surface area contributed by atoms with Gasteiger partial charge in [0.15, 0.2) is 11.6 Å². The molecular formula is C9H10FNO2. The zero-order chi connectivity index (χ0) is 9.42. The summed E-state index contributed by atoms with van der Waals surface area (Å²) in [5, 5.41) is 9.11. The van der Waals surface area contributed by atoms with Crippen LogP contribution < -0.4 is 10.5 Å². The van der Waals surface area contributed by atoms with Gasteiger partial charge in [-0.1, -0.05) is 0 Å². The van der Waals surface area contributed by atoms with Gasteiger partial charge in [0.25, 0.3) is 0 Å². The summed E-state index contributed by atoms with van der Waals surface area (Å²) in [6, 6.07) is 2.43. The highest BCUT2D eigenvalue weighted by atomic mass is 19.1. The van der Waals surface area contributed by atoms with Crippen LogP contribution in [0.15, 0.2) is 12.1 Å². The lowest BCUT2D eigenvalue weighted by atomic mass is 10.0. The summed E-state index contributed by atoms with van der Waals surface area (Å²) >= 11 is 0. The van der Waals surface area contributed by atoms with Crippen LogP contribution in [0, 0.1) is 5.82 Å². The maximum absolute atomic E-state index is 13.3. The molecule has 1 aromatic rings. The maximum Gasteiger partial charge on any atom is 0.173 e. The van der Waals surface area contributed by atoms with E-state index in [1.165, 1.54) is 12.1 Å². The van der Waals surface area contributed by atoms with Crippen molar-refractivity contribution in [1.29, 1.82) is 0 Å². The second-order valence-corrected chi connectivity index (χ2v) is 3.05. The Morgan fingerprint density at radius 2 is 2.31 bits per heavy atom. The van der Waals surface area contributed by atoms with E-state index in [4.69, 9.17) is 15.6 Å². The number of nitrogens with two attached hydrogens (primary N) is 1. The third kappa shape index (κ3) is 1.23. The van der Waals surface area contributed by atoms with E-state index in [1.54, 1.807) is 0 Å². The van der Waals surface area contributed by atoms with Crippen LogP contribution in [0.5, 0.6) is 11.5 Å². The number of fused-ring (bicyclic) bond motifs is 1. The molecule has 0 saturated heterocycles. The van der Waals surface area contributed by atoms with E-state index < -0.39 is 5.82 Å². The van der Waals surface area contributed by atoms with Gasteiger partial charge in [0.1, 0.15) is 5.75 Å². The monoisotopic (exact) mass is 183 g/mol. The Kier molecular flexibility index (Phi) is 1.84. The van der Waals surface area contributed by atoms with Gasteiger partial charge in [0.2, 0.25) is 0 Å². The van der Waals surface area contributed by atoms with Crippen molar-refractivity contribution < 1.29 is 14.2 Å². The van der Waals surface area contributed by atoms with Crippen LogP contribution in [0.3, 0.4) is 0 Å². The van der Waals surface area contributed by atoms with Gasteiger partial charge in [-0.05, 0) is 12.1 Å². The maximum atomic E-state index is 13.3. The van der Waals surface area contributed by atoms with Crippen molar-refractivity contribution in [3.8, 4) is 11.5 Å². The Morgan fingerprint density at radius 1 is 1.54 bits per heavy atom. The Balaban J connectivity index is 2.58. The lowest BCUT2D eigenvalue weighted by molar-refractivity contribution is 0.261. The first-order valence-corrected chi connectivity index (χ1v) is 4.10. The summed E-state index contributed by atoms with van der Waals surface area (Å²) in [6.45, 7) is 0.498. The molecule has 0 saturated carbocycles. The largest absolute Gasteiger partial charge is 0.505 e. The van der Waals surface area contributed by atoms with E-state index in [9.17, 15) is 4.39 Å². The summed E-state index contributed by atoms with van der Waals surface area (Å²) in [4.78, 5) is 0. The molecule has 1 aliphatic heterocycles. The minimum Gasteiger partial charge on any atom is -0.505 e. The molecule has 70 valence electrons. The number of phenolic OH excluding ortho intramolecular Hbond substituents is 1. The smallest absolute Gasteiger partial charge is 0.173 e. The van der Waals surface area contributed by atoms with Gasteiger partial charge in [-0.15, -0.1) is 0 Å². The molecule has 0 aliphatic carbocycles. The van der Waals surface area contributed by atoms with Crippen molar-refractivity contribution in [3.63, 3.8) is 0 Å². The van der Waals surface area contributed by atoms with Gasteiger partial charge in [-0.3, -0.25) is 0 Å². The van der Waals surface area contributed by atoms with E-state index in [2.05, 4.69) is 0 Å². The minimum absolute atomic E-state index is 0.284. The quantitative estimate of drug-likeness (QED) is 0.637. The van der Waals surface area contributed by atoms with E-state index >= 15 is 0 Å². The van der Waals surface area contributed by atoms with Crippen LogP contribution in [-0.2, 0) is 0 Å². The van der Waals surface area contributed by atoms with E-state index in [0.29, 0.717) is 18.8 Å². The average Bonchev–Trinajstić information content (AvgIpc) is 2.12. The lowest BCUT2D eigenvalue weighted by Gasteiger charge is -2.23. The zero-order valence-electron chi connectivity index (χ0n) is 6.96. The second kappa shape index (κ2) is 2.88. The highest BCUT2D eigenvalue weighted by molar-refractivity contribution is 5.44. The van der Waals surface area contributed by atoms with Crippen molar-refractivity contribution in [3.05, 3.63) is 23.5 Å². The second-order valence-electron chi connectivity index (χ2n) is 3.05. The highest BCUT2D eigenvalue weighted by Gasteiger charge is 2.23. The van der Waals surface area contributed by atoms with Crippen molar-refractivity contribution in [1.82, 2.24) is 0 Å². The molecule has 3 nitrogen and oxygen atoms in total. The van der Waals surface area contributed by atoms with Crippen LogP contribution >= 0.6 is 0 Å². The molecule has 1 aliphatic rings. The minimum atomic E-state index is -0.662. The topological polar surface area (TPSA) is 55.5 Å². The van der Waals surface area contributed by atoms with Crippen LogP contribution in [0.1, 0.15) is 18.0 Å². The summed E-state index contributed by atoms with van der Waals surface area (Å²) in [7, 11) is 0. The summed E-state index contributed by atoms with van der Waals surface area (Å²) in [5.74, 6) is -0.599. The predicted octanol–water partition coefficient (Wildman–Crippen LogP) is 1.31. The molecule has 1 atom stereocenters. The molecule has 0 radical (unpaired) electrons. The van der Waals surface area contributed by atoms with E-state index in [0.717, 1.165) is 0 Å². The number of rotatable bonds is 0. The van der Waals surface area contributed by atoms with Gasteiger partial charge in [0, 0.05) is 12.5 Å². The number of benzene rings is 1. The number of phenols is 1. The summed E-state index contributed by atoms with van der Waals surface area (Å²) < 4.78 is 18.5. The van der Waals surface area contributed by atoms with Gasteiger partial charge >= 0.3 is 0 Å². The molecule has 13 heavy (non-hydrogen) atoms. The molecule has 0 fully saturated rings. The molecule has 1 aromatic carbocycles. The predicted molar refractivity (Wildman–Crippen MR) is 45.1 cm³/mol. The molecule has 0 aromatic heterocycles. The normalized spacial score (nSPS) is 20.6. The fraction of sp³-hybridized carbons (Fsp3) is 0.333. The van der Waals surface area contributed by atoms with Gasteiger partial charge in [-0.2, -0.15) is 0 Å². The molecule has 0 unspecified atom stereocenters. The Morgan fingerprint density at radius 3 is 3.08 bits per heavy atom. The first-order chi connectivity index (χ1) is 6.20. The molecule has 0 amide bonds. The molecule has 0 bridgehead atoms. The van der Waals surface area contributed by atoms with Crippen molar-refractivity contribution in [2.75, 3.05) is 6.61 Å². The number of hydrogen-bond donors (Lipinski definition) is 2. The number of aromatic hydroxyl groups is 1. The molecule has 3 N–H and O–H groups in total. The Hall–Kier alpha value is -1.29. The molecule has 4 heteroatoms. The standard InChI is InChI=1S/C9H10FNO2/c10-9-6(12)1-2-7-8(9)5(11)3-4-13-7/h1-2,5,12H,3-4,11H2/t5-/m0/s1. The molecule has 2 rings (SSSR count). The average molecular weight is 183 g/mol. The van der Waals surface area contributed by atoms with Gasteiger partial charge in [0.05, 0.1) is 12.2 Å². The fourth-order valence-corrected chi connectivity index (χ4v) is 1.48. The molecule has 0 spiro atoms. The summed E-state index contributed by atoms with van der Waals surface area (Å²) in [5.41, 5.74) is 5.97. The van der Waals surface area contributed by atoms with Crippen LogP contribution in [0.4, 0.5) is 4.39 Å². The number of ether oxygens (including phenoxy) is 1. The first kappa shape index (κ1) is 8.31. The molecule has 1 heterocycles. The van der Waals surface area contributed by atoms with Crippen molar-refractivity contribution >= 4 is 0 Å². The van der Waals surface area contributed by atoms with E-state index in [1.807, 2.05) is 0 Å². The molecular weight excluding hydrogens is 173 g/mol. The third-order valence-corrected chi connectivity index (χ3v) is 2.18. The first-order valence-electron chi connectivity index (χ1n) is 4.10. The van der Waals surface area contributed by atoms with E-state index in [-0.39, 0.29) is 17.4 Å². The number of hydrogen-bond acceptors (Lipinski definition) is 3. The Bertz CT molecular complexity index is 341. The van der Waals surface area contributed by atoms with Crippen LogP contribution in [0.2, 0.25) is 0 Å². The van der Waals surface area contributed by atoms with Crippen molar-refractivity contribution in [2.24, 2.45) is 5.73 Å². The highest BCUT2D eigenvalue weighted by Crippen LogP contribution is 2.36. The lowest BCUT2D eigenvalue weighted by Crippen LogP contribution is -2.21. The zero-order valence-corrected chi connectivity index (χ0v) is 6.96. The van der Waals surface area contributed by atoms with Crippen LogP contribution in [-0.4, -0.2) is 11.7 Å². The number of halogens is 1. The Labute approximate surface area is 74.9 Å². The fourth-order valence-electron chi connectivity index (χ4n) is 1.48. The van der Waals surface area contributed by atoms with Crippen molar-refractivity contribution in [2.45, 2.75) is 12.5 Å². The van der Waals surface area contributed by atoms with Gasteiger partial charge < -0.3 is 15.6 Å². The SMILES string of the molecule is N[C@H]1CCOc2ccc(O)c(F)c21. The third-order valence-electron chi connectivity index (χ3n) is 2.18. The van der Waals surface area contributed by atoms with Crippen LogP contribution in [0.25, 0.3) is 0 Å². The van der Waals surface area contributed by atoms with Gasteiger partial charge in [-0.25, -0.2) is 4.39 Å².